The van der Waals surface area contributed by atoms with E-state index in [2.05, 4.69) is 30.7 Å². The summed E-state index contributed by atoms with van der Waals surface area (Å²) in [5.41, 5.74) is 0.937. The Bertz CT molecular complexity index is 871. The Kier molecular flexibility index (Phi) is 25.7. The van der Waals surface area contributed by atoms with Crippen LogP contribution in [0.4, 0.5) is 0 Å². The molecule has 1 saturated heterocycles. The maximum Gasteiger partial charge on any atom is 0.306 e. The molecule has 0 aromatic heterocycles. The van der Waals surface area contributed by atoms with Crippen LogP contribution in [0.2, 0.25) is 0 Å². The van der Waals surface area contributed by atoms with Gasteiger partial charge in [-0.3, -0.25) is 4.79 Å². The van der Waals surface area contributed by atoms with Crippen LogP contribution in [0.3, 0.4) is 0 Å². The third-order valence-electron chi connectivity index (χ3n) is 9.57. The second kappa shape index (κ2) is 29.2. The van der Waals surface area contributed by atoms with Crippen molar-refractivity contribution in [3.63, 3.8) is 0 Å². The predicted molar refractivity (Wildman–Crippen MR) is 199 cm³/mol. The van der Waals surface area contributed by atoms with E-state index in [1.807, 2.05) is 18.2 Å². The lowest BCUT2D eigenvalue weighted by Crippen LogP contribution is -2.44. The van der Waals surface area contributed by atoms with Gasteiger partial charge in [-0.25, -0.2) is 0 Å². The van der Waals surface area contributed by atoms with E-state index < -0.39 is 0 Å². The summed E-state index contributed by atoms with van der Waals surface area (Å²) in [5.74, 6) is 1.51. The van der Waals surface area contributed by atoms with Crippen molar-refractivity contribution in [2.45, 2.75) is 168 Å². The summed E-state index contributed by atoms with van der Waals surface area (Å²) in [4.78, 5) is 17.4. The lowest BCUT2D eigenvalue weighted by atomic mass is 10.1. The zero-order valence-corrected chi connectivity index (χ0v) is 31.2. The minimum Gasteiger partial charge on any atom is -0.493 e. The van der Waals surface area contributed by atoms with Crippen LogP contribution >= 0.6 is 0 Å². The second-order valence-electron chi connectivity index (χ2n) is 14.1. The number of esters is 1. The van der Waals surface area contributed by atoms with Gasteiger partial charge in [-0.15, -0.1) is 0 Å². The molecule has 6 heteroatoms. The summed E-state index contributed by atoms with van der Waals surface area (Å²) in [6.07, 6.45) is 29.0. The second-order valence-corrected chi connectivity index (χ2v) is 14.1. The molecule has 272 valence electrons. The topological polar surface area (TPSA) is 51.2 Å². The maximum atomic E-state index is 12.5. The summed E-state index contributed by atoms with van der Waals surface area (Å²) in [7, 11) is 2.17. The van der Waals surface area contributed by atoms with E-state index in [9.17, 15) is 4.79 Å². The first kappa shape index (κ1) is 41.4. The van der Waals surface area contributed by atoms with Crippen LogP contribution in [0.15, 0.2) is 18.2 Å². The van der Waals surface area contributed by atoms with Crippen LogP contribution in [-0.4, -0.2) is 68.8 Å². The zero-order valence-electron chi connectivity index (χ0n) is 31.2. The van der Waals surface area contributed by atoms with E-state index in [0.717, 1.165) is 69.0 Å². The lowest BCUT2D eigenvalue weighted by Gasteiger charge is -2.32. The van der Waals surface area contributed by atoms with Gasteiger partial charge in [0.1, 0.15) is 18.1 Å². The molecule has 0 amide bonds. The van der Waals surface area contributed by atoms with Gasteiger partial charge in [0.15, 0.2) is 0 Å². The summed E-state index contributed by atoms with van der Waals surface area (Å²) in [5, 5.41) is 0. The molecule has 1 aromatic rings. The fourth-order valence-electron chi connectivity index (χ4n) is 6.37. The molecule has 0 N–H and O–H groups in total. The number of likely N-dealkylation sites (N-methyl/N-ethyl adjacent to an activating group) is 1. The largest absolute Gasteiger partial charge is 0.493 e. The van der Waals surface area contributed by atoms with Crippen molar-refractivity contribution in [1.29, 1.82) is 0 Å². The van der Waals surface area contributed by atoms with Crippen molar-refractivity contribution >= 4 is 5.97 Å². The van der Waals surface area contributed by atoms with Gasteiger partial charge < -0.3 is 24.0 Å². The SMILES string of the molecule is CCCCCCCCCCCCCCOc1cc(COC(=O)CCCN2CCN(C)CC2)cc(OCCCCCCCCCCC)c1. The highest BCUT2D eigenvalue weighted by Crippen LogP contribution is 2.25. The molecule has 0 saturated carbocycles. The fourth-order valence-corrected chi connectivity index (χ4v) is 6.37. The van der Waals surface area contributed by atoms with Crippen molar-refractivity contribution in [2.24, 2.45) is 0 Å². The van der Waals surface area contributed by atoms with Crippen LogP contribution in [0.1, 0.15) is 167 Å². The molecule has 0 aliphatic carbocycles. The molecule has 0 bridgehead atoms. The molecule has 1 heterocycles. The highest BCUT2D eigenvalue weighted by Gasteiger charge is 2.14. The number of ether oxygens (including phenoxy) is 3. The van der Waals surface area contributed by atoms with Crippen LogP contribution < -0.4 is 9.47 Å². The zero-order chi connectivity index (χ0) is 33.6. The first-order valence-electron chi connectivity index (χ1n) is 20.1. The van der Waals surface area contributed by atoms with Crippen molar-refractivity contribution < 1.29 is 19.0 Å². The number of carbonyl (C=O) groups is 1. The Morgan fingerprint density at radius 2 is 1.00 bits per heavy atom. The van der Waals surface area contributed by atoms with Gasteiger partial charge in [0.05, 0.1) is 13.2 Å². The normalized spacial score (nSPS) is 14.0. The summed E-state index contributed by atoms with van der Waals surface area (Å²) in [6.45, 7) is 11.6. The summed E-state index contributed by atoms with van der Waals surface area (Å²) < 4.78 is 18.1. The average molecular weight is 659 g/mol. The summed E-state index contributed by atoms with van der Waals surface area (Å²) in [6, 6.07) is 6.04. The molecule has 1 aromatic carbocycles. The molecule has 6 nitrogen and oxygen atoms in total. The van der Waals surface area contributed by atoms with Crippen molar-refractivity contribution in [3.8, 4) is 11.5 Å². The number of hydrogen-bond acceptors (Lipinski definition) is 6. The molecule has 1 aliphatic heterocycles. The Hall–Kier alpha value is -1.79. The standard InChI is InChI=1S/C41H74N2O4/c1-4-6-8-10-12-14-15-16-18-20-22-24-33-46-40-35-38(37-47-41(44)26-25-27-43-30-28-42(3)29-31-43)34-39(36-40)45-32-23-21-19-17-13-11-9-7-5-2/h34-36H,4-33,37H2,1-3H3. The molecule has 47 heavy (non-hydrogen) atoms. The molecule has 1 fully saturated rings. The monoisotopic (exact) mass is 659 g/mol. The smallest absolute Gasteiger partial charge is 0.306 e. The number of unbranched alkanes of at least 4 members (excludes halogenated alkanes) is 19. The Labute approximate surface area is 290 Å². The molecular weight excluding hydrogens is 584 g/mol. The maximum absolute atomic E-state index is 12.5. The molecule has 1 aliphatic rings. The van der Waals surface area contributed by atoms with Gasteiger partial charge in [0.25, 0.3) is 0 Å². The van der Waals surface area contributed by atoms with Crippen molar-refractivity contribution in [1.82, 2.24) is 9.80 Å². The van der Waals surface area contributed by atoms with E-state index in [1.54, 1.807) is 0 Å². The predicted octanol–water partition coefficient (Wildman–Crippen LogP) is 10.7. The van der Waals surface area contributed by atoms with E-state index in [0.29, 0.717) is 19.6 Å². The highest BCUT2D eigenvalue weighted by molar-refractivity contribution is 5.69. The third-order valence-corrected chi connectivity index (χ3v) is 9.57. The molecular formula is C41H74N2O4. The van der Waals surface area contributed by atoms with Crippen LogP contribution in [0.25, 0.3) is 0 Å². The number of hydrogen-bond donors (Lipinski definition) is 0. The Morgan fingerprint density at radius 3 is 1.45 bits per heavy atom. The Balaban J connectivity index is 1.69. The van der Waals surface area contributed by atoms with Crippen molar-refractivity contribution in [2.75, 3.05) is 53.0 Å². The fraction of sp³-hybridized carbons (Fsp3) is 0.829. The van der Waals surface area contributed by atoms with Gasteiger partial charge in [-0.2, -0.15) is 0 Å². The van der Waals surface area contributed by atoms with Crippen molar-refractivity contribution in [3.05, 3.63) is 23.8 Å². The highest BCUT2D eigenvalue weighted by atomic mass is 16.5. The van der Waals surface area contributed by atoms with E-state index >= 15 is 0 Å². The molecule has 0 atom stereocenters. The summed E-state index contributed by atoms with van der Waals surface area (Å²) >= 11 is 0. The lowest BCUT2D eigenvalue weighted by molar-refractivity contribution is -0.145. The van der Waals surface area contributed by atoms with E-state index in [4.69, 9.17) is 14.2 Å². The number of benzene rings is 1. The van der Waals surface area contributed by atoms with E-state index in [-0.39, 0.29) is 12.6 Å². The first-order valence-corrected chi connectivity index (χ1v) is 20.1. The minimum absolute atomic E-state index is 0.126. The van der Waals surface area contributed by atoms with Gasteiger partial charge in [-0.05, 0) is 50.6 Å². The first-order chi connectivity index (χ1) is 23.1. The number of carbonyl (C=O) groups excluding carboxylic acids is 1. The van der Waals surface area contributed by atoms with Crippen LogP contribution in [0.5, 0.6) is 11.5 Å². The van der Waals surface area contributed by atoms with Gasteiger partial charge in [0.2, 0.25) is 0 Å². The Morgan fingerprint density at radius 1 is 0.574 bits per heavy atom. The molecule has 0 radical (unpaired) electrons. The molecule has 0 unspecified atom stereocenters. The van der Waals surface area contributed by atoms with Gasteiger partial charge in [0, 0.05) is 38.7 Å². The number of nitrogens with zero attached hydrogens (tertiary/aromatic N) is 2. The van der Waals surface area contributed by atoms with Gasteiger partial charge in [-0.1, -0.05) is 136 Å². The van der Waals surface area contributed by atoms with E-state index in [1.165, 1.54) is 122 Å². The number of piperazine rings is 1. The molecule has 0 spiro atoms. The van der Waals surface area contributed by atoms with Crippen LogP contribution in [-0.2, 0) is 16.1 Å². The average Bonchev–Trinajstić information content (AvgIpc) is 3.07. The minimum atomic E-state index is -0.126. The number of rotatable bonds is 31. The quantitative estimate of drug-likeness (QED) is 0.0584. The van der Waals surface area contributed by atoms with Crippen LogP contribution in [0, 0.1) is 0 Å². The van der Waals surface area contributed by atoms with Gasteiger partial charge >= 0.3 is 5.97 Å². The molecule has 2 rings (SSSR count). The third kappa shape index (κ3) is 23.2.